The van der Waals surface area contributed by atoms with Crippen LogP contribution in [0.15, 0.2) is 54.6 Å². The van der Waals surface area contributed by atoms with Gasteiger partial charge in [0.2, 0.25) is 0 Å². The van der Waals surface area contributed by atoms with Gasteiger partial charge in [0.05, 0.1) is 5.69 Å². The third-order valence-electron chi connectivity index (χ3n) is 4.29. The summed E-state index contributed by atoms with van der Waals surface area (Å²) < 4.78 is 13.5. The SMILES string of the molecule is O=C(Nc1ccccc1F)NC1CCN(Cc2ccccc2)CC1. The molecule has 2 amide bonds. The number of carbonyl (C=O) groups is 1. The van der Waals surface area contributed by atoms with Gasteiger partial charge in [-0.3, -0.25) is 4.90 Å². The van der Waals surface area contributed by atoms with Gasteiger partial charge in [-0.1, -0.05) is 42.5 Å². The minimum Gasteiger partial charge on any atom is -0.335 e. The van der Waals surface area contributed by atoms with Crippen molar-refractivity contribution in [2.45, 2.75) is 25.4 Å². The molecule has 5 heteroatoms. The van der Waals surface area contributed by atoms with E-state index in [2.05, 4.69) is 39.8 Å². The van der Waals surface area contributed by atoms with Crippen LogP contribution < -0.4 is 10.6 Å². The van der Waals surface area contributed by atoms with Crippen LogP contribution in [0.1, 0.15) is 18.4 Å². The highest BCUT2D eigenvalue weighted by Gasteiger charge is 2.21. The molecule has 1 aliphatic rings. The number of urea groups is 1. The predicted octanol–water partition coefficient (Wildman–Crippen LogP) is 3.61. The van der Waals surface area contributed by atoms with Crippen molar-refractivity contribution in [2.24, 2.45) is 0 Å². The first-order chi connectivity index (χ1) is 11.7. The first-order valence-corrected chi connectivity index (χ1v) is 8.29. The van der Waals surface area contributed by atoms with Gasteiger partial charge in [0.25, 0.3) is 0 Å². The molecule has 0 saturated carbocycles. The largest absolute Gasteiger partial charge is 0.335 e. The van der Waals surface area contributed by atoms with E-state index in [1.165, 1.54) is 11.6 Å². The lowest BCUT2D eigenvalue weighted by molar-refractivity contribution is 0.190. The number of para-hydroxylation sites is 1. The molecule has 0 bridgehead atoms. The number of piperidine rings is 1. The highest BCUT2D eigenvalue weighted by Crippen LogP contribution is 2.15. The first-order valence-electron chi connectivity index (χ1n) is 8.29. The van der Waals surface area contributed by atoms with Crippen LogP contribution in [0, 0.1) is 5.82 Å². The van der Waals surface area contributed by atoms with Crippen LogP contribution in [0.4, 0.5) is 14.9 Å². The third kappa shape index (κ3) is 4.55. The van der Waals surface area contributed by atoms with E-state index >= 15 is 0 Å². The molecule has 0 atom stereocenters. The second-order valence-corrected chi connectivity index (χ2v) is 6.11. The molecule has 1 heterocycles. The Morgan fingerprint density at radius 1 is 1.04 bits per heavy atom. The fourth-order valence-electron chi connectivity index (χ4n) is 2.98. The van der Waals surface area contributed by atoms with E-state index in [4.69, 9.17) is 0 Å². The molecule has 2 aromatic rings. The van der Waals surface area contributed by atoms with Crippen molar-refractivity contribution in [1.82, 2.24) is 10.2 Å². The molecule has 1 aliphatic heterocycles. The van der Waals surface area contributed by atoms with Gasteiger partial charge in [-0.05, 0) is 30.5 Å². The summed E-state index contributed by atoms with van der Waals surface area (Å²) in [5.41, 5.74) is 1.51. The lowest BCUT2D eigenvalue weighted by atomic mass is 10.0. The van der Waals surface area contributed by atoms with E-state index in [0.717, 1.165) is 32.5 Å². The molecule has 0 spiro atoms. The molecule has 0 radical (unpaired) electrons. The summed E-state index contributed by atoms with van der Waals surface area (Å²) in [6, 6.07) is 16.3. The van der Waals surface area contributed by atoms with Gasteiger partial charge in [0.15, 0.2) is 0 Å². The van der Waals surface area contributed by atoms with Crippen LogP contribution in [0.3, 0.4) is 0 Å². The van der Waals surface area contributed by atoms with Gasteiger partial charge in [-0.25, -0.2) is 9.18 Å². The molecular formula is C19H22FN3O. The molecule has 0 aliphatic carbocycles. The minimum absolute atomic E-state index is 0.129. The lowest BCUT2D eigenvalue weighted by Crippen LogP contribution is -2.45. The fraction of sp³-hybridized carbons (Fsp3) is 0.316. The van der Waals surface area contributed by atoms with Gasteiger partial charge >= 0.3 is 6.03 Å². The fourth-order valence-corrected chi connectivity index (χ4v) is 2.98. The number of nitrogens with one attached hydrogen (secondary N) is 2. The summed E-state index contributed by atoms with van der Waals surface area (Å²) in [5.74, 6) is -0.426. The van der Waals surface area contributed by atoms with Crippen LogP contribution in [0.5, 0.6) is 0 Å². The summed E-state index contributed by atoms with van der Waals surface area (Å²) in [7, 11) is 0. The molecule has 2 N–H and O–H groups in total. The van der Waals surface area contributed by atoms with Crippen LogP contribution in [-0.2, 0) is 6.54 Å². The molecular weight excluding hydrogens is 305 g/mol. The van der Waals surface area contributed by atoms with Crippen molar-refractivity contribution in [3.8, 4) is 0 Å². The lowest BCUT2D eigenvalue weighted by Gasteiger charge is -2.32. The van der Waals surface area contributed by atoms with Gasteiger partial charge in [-0.2, -0.15) is 0 Å². The molecule has 4 nitrogen and oxygen atoms in total. The van der Waals surface area contributed by atoms with Crippen molar-refractivity contribution in [1.29, 1.82) is 0 Å². The highest BCUT2D eigenvalue weighted by molar-refractivity contribution is 5.89. The number of likely N-dealkylation sites (tertiary alicyclic amines) is 1. The number of nitrogens with zero attached hydrogens (tertiary/aromatic N) is 1. The molecule has 126 valence electrons. The third-order valence-corrected chi connectivity index (χ3v) is 4.29. The van der Waals surface area contributed by atoms with Gasteiger partial charge in [0, 0.05) is 25.7 Å². The van der Waals surface area contributed by atoms with Crippen molar-refractivity contribution >= 4 is 11.7 Å². The number of hydrogen-bond donors (Lipinski definition) is 2. The first kappa shape index (κ1) is 16.5. The van der Waals surface area contributed by atoms with E-state index in [1.807, 2.05) is 6.07 Å². The van der Waals surface area contributed by atoms with Crippen molar-refractivity contribution in [3.05, 3.63) is 66.0 Å². The molecule has 24 heavy (non-hydrogen) atoms. The predicted molar refractivity (Wildman–Crippen MR) is 93.3 cm³/mol. The molecule has 1 fully saturated rings. The number of benzene rings is 2. The summed E-state index contributed by atoms with van der Waals surface area (Å²) in [4.78, 5) is 14.4. The van der Waals surface area contributed by atoms with E-state index in [1.54, 1.807) is 18.2 Å². The van der Waals surface area contributed by atoms with Crippen molar-refractivity contribution in [2.75, 3.05) is 18.4 Å². The second-order valence-electron chi connectivity index (χ2n) is 6.11. The zero-order chi connectivity index (χ0) is 16.8. The quantitative estimate of drug-likeness (QED) is 0.901. The van der Waals surface area contributed by atoms with Crippen molar-refractivity contribution < 1.29 is 9.18 Å². The average molecular weight is 327 g/mol. The summed E-state index contributed by atoms with van der Waals surface area (Å²) in [5, 5.41) is 5.51. The Labute approximate surface area is 141 Å². The second kappa shape index (κ2) is 7.93. The minimum atomic E-state index is -0.426. The topological polar surface area (TPSA) is 44.4 Å². The number of rotatable bonds is 4. The van der Waals surface area contributed by atoms with E-state index in [-0.39, 0.29) is 17.8 Å². The molecule has 0 unspecified atom stereocenters. The van der Waals surface area contributed by atoms with Gasteiger partial charge in [-0.15, -0.1) is 0 Å². The summed E-state index contributed by atoms with van der Waals surface area (Å²) >= 11 is 0. The van der Waals surface area contributed by atoms with Crippen molar-refractivity contribution in [3.63, 3.8) is 0 Å². The van der Waals surface area contributed by atoms with Gasteiger partial charge < -0.3 is 10.6 Å². The number of carbonyl (C=O) groups excluding carboxylic acids is 1. The smallest absolute Gasteiger partial charge is 0.319 e. The zero-order valence-corrected chi connectivity index (χ0v) is 13.5. The number of amides is 2. The summed E-state index contributed by atoms with van der Waals surface area (Å²) in [6.07, 6.45) is 1.80. The summed E-state index contributed by atoms with van der Waals surface area (Å²) in [6.45, 7) is 2.83. The molecule has 3 rings (SSSR count). The Balaban J connectivity index is 1.43. The zero-order valence-electron chi connectivity index (χ0n) is 13.5. The Morgan fingerprint density at radius 3 is 2.42 bits per heavy atom. The molecule has 2 aromatic carbocycles. The number of hydrogen-bond acceptors (Lipinski definition) is 2. The Kier molecular flexibility index (Phi) is 5.43. The average Bonchev–Trinajstić information content (AvgIpc) is 2.60. The van der Waals surface area contributed by atoms with Crippen LogP contribution >= 0.6 is 0 Å². The van der Waals surface area contributed by atoms with E-state index in [0.29, 0.717) is 0 Å². The van der Waals surface area contributed by atoms with Crippen LogP contribution in [0.25, 0.3) is 0 Å². The molecule has 0 aromatic heterocycles. The van der Waals surface area contributed by atoms with Crippen LogP contribution in [0.2, 0.25) is 0 Å². The number of halogens is 1. The van der Waals surface area contributed by atoms with Crippen LogP contribution in [-0.4, -0.2) is 30.1 Å². The Bertz CT molecular complexity index is 669. The van der Waals surface area contributed by atoms with Gasteiger partial charge in [0.1, 0.15) is 5.82 Å². The maximum absolute atomic E-state index is 13.5. The monoisotopic (exact) mass is 327 g/mol. The molecule has 1 saturated heterocycles. The Morgan fingerprint density at radius 2 is 1.71 bits per heavy atom. The maximum Gasteiger partial charge on any atom is 0.319 e. The maximum atomic E-state index is 13.5. The standard InChI is InChI=1S/C19H22FN3O/c20-17-8-4-5-9-18(17)22-19(24)21-16-10-12-23(13-11-16)14-15-6-2-1-3-7-15/h1-9,16H,10-14H2,(H2,21,22,24). The highest BCUT2D eigenvalue weighted by atomic mass is 19.1. The Hall–Kier alpha value is -2.40. The van der Waals surface area contributed by atoms with E-state index < -0.39 is 5.82 Å². The number of anilines is 1. The normalized spacial score (nSPS) is 15.9. The van der Waals surface area contributed by atoms with E-state index in [9.17, 15) is 9.18 Å².